The Labute approximate surface area is 179 Å². The molecular formula is C19H16N8O5. The highest BCUT2D eigenvalue weighted by molar-refractivity contribution is 5.99. The third-order valence-electron chi connectivity index (χ3n) is 4.31. The minimum Gasteiger partial charge on any atom is -0.508 e. The Morgan fingerprint density at radius 1 is 1.25 bits per heavy atom. The average Bonchev–Trinajstić information content (AvgIpc) is 3.41. The Balaban J connectivity index is 1.70. The quantitative estimate of drug-likeness (QED) is 0.252. The van der Waals surface area contributed by atoms with Gasteiger partial charge in [0, 0.05) is 17.2 Å². The highest BCUT2D eigenvalue weighted by Gasteiger charge is 2.25. The first-order chi connectivity index (χ1) is 15.5. The van der Waals surface area contributed by atoms with E-state index in [1.54, 1.807) is 24.3 Å². The summed E-state index contributed by atoms with van der Waals surface area (Å²) in [6.07, 6.45) is 1.21. The van der Waals surface area contributed by atoms with Gasteiger partial charge in [0.25, 0.3) is 5.91 Å². The molecule has 0 bridgehead atoms. The van der Waals surface area contributed by atoms with E-state index in [9.17, 15) is 15.0 Å². The number of amides is 1. The van der Waals surface area contributed by atoms with Gasteiger partial charge in [-0.25, -0.2) is 10.1 Å². The second kappa shape index (κ2) is 8.43. The Morgan fingerprint density at radius 2 is 2.09 bits per heavy atom. The van der Waals surface area contributed by atoms with E-state index in [1.165, 1.54) is 30.1 Å². The van der Waals surface area contributed by atoms with Gasteiger partial charge in [0.1, 0.15) is 22.9 Å². The van der Waals surface area contributed by atoms with Crippen LogP contribution in [-0.2, 0) is 0 Å². The number of nitrogen functional groups attached to an aromatic ring is 1. The number of hydrogen-bond donors (Lipinski definition) is 4. The van der Waals surface area contributed by atoms with Crippen molar-refractivity contribution in [2.75, 3.05) is 12.8 Å². The molecule has 2 aromatic carbocycles. The highest BCUT2D eigenvalue weighted by atomic mass is 16.6. The number of aromatic hydroxyl groups is 2. The van der Waals surface area contributed by atoms with Crippen LogP contribution < -0.4 is 15.9 Å². The number of benzene rings is 2. The van der Waals surface area contributed by atoms with Crippen molar-refractivity contribution < 1.29 is 24.4 Å². The Morgan fingerprint density at radius 3 is 2.81 bits per heavy atom. The number of phenols is 2. The molecule has 0 atom stereocenters. The summed E-state index contributed by atoms with van der Waals surface area (Å²) in [4.78, 5) is 12.8. The average molecular weight is 436 g/mol. The van der Waals surface area contributed by atoms with Crippen molar-refractivity contribution in [3.05, 3.63) is 53.7 Å². The molecule has 5 N–H and O–H groups in total. The van der Waals surface area contributed by atoms with Crippen LogP contribution in [0.4, 0.5) is 5.82 Å². The molecule has 0 aliphatic heterocycles. The van der Waals surface area contributed by atoms with Crippen LogP contribution in [0.25, 0.3) is 17.1 Å². The van der Waals surface area contributed by atoms with E-state index in [4.69, 9.17) is 10.5 Å². The minimum absolute atomic E-state index is 0.0480. The number of aromatic nitrogens is 5. The SMILES string of the molecule is COc1cccc(-c2c(C(=O)NN=Cc3ccc(O)cc3O)nnn2-c2nonc2N)c1. The van der Waals surface area contributed by atoms with Crippen molar-refractivity contribution in [1.82, 2.24) is 30.7 Å². The predicted molar refractivity (Wildman–Crippen MR) is 110 cm³/mol. The first-order valence-corrected chi connectivity index (χ1v) is 9.02. The maximum absolute atomic E-state index is 12.8. The fraction of sp³-hybridized carbons (Fsp3) is 0.0526. The minimum atomic E-state index is -0.696. The number of rotatable bonds is 6. The number of nitrogens with two attached hydrogens (primary N) is 1. The number of carbonyl (C=O) groups is 1. The number of hydrogen-bond acceptors (Lipinski definition) is 11. The molecule has 1 amide bonds. The molecule has 0 aliphatic rings. The lowest BCUT2D eigenvalue weighted by Crippen LogP contribution is -2.19. The highest BCUT2D eigenvalue weighted by Crippen LogP contribution is 2.29. The molecule has 0 fully saturated rings. The van der Waals surface area contributed by atoms with Crippen molar-refractivity contribution in [2.24, 2.45) is 5.10 Å². The first kappa shape index (κ1) is 20.3. The van der Waals surface area contributed by atoms with Crippen LogP contribution in [-0.4, -0.2) is 54.8 Å². The van der Waals surface area contributed by atoms with Gasteiger partial charge in [-0.3, -0.25) is 4.79 Å². The van der Waals surface area contributed by atoms with E-state index in [1.807, 2.05) is 0 Å². The molecule has 4 rings (SSSR count). The summed E-state index contributed by atoms with van der Waals surface area (Å²) < 4.78 is 11.1. The number of nitrogens with one attached hydrogen (secondary N) is 1. The van der Waals surface area contributed by atoms with E-state index in [-0.39, 0.29) is 40.1 Å². The molecule has 0 saturated carbocycles. The van der Waals surface area contributed by atoms with Gasteiger partial charge in [-0.05, 0) is 34.6 Å². The molecular weight excluding hydrogens is 420 g/mol. The van der Waals surface area contributed by atoms with Crippen LogP contribution >= 0.6 is 0 Å². The summed E-state index contributed by atoms with van der Waals surface area (Å²) >= 11 is 0. The Bertz CT molecular complexity index is 1310. The molecule has 2 heterocycles. The van der Waals surface area contributed by atoms with E-state index in [0.717, 1.165) is 6.07 Å². The lowest BCUT2D eigenvalue weighted by Gasteiger charge is -2.07. The standard InChI is InChI=1S/C19H16N8O5/c1-31-13-4-2-3-10(7-13)16-15(22-26-27(16)18-17(20)24-32-25-18)19(30)23-21-9-11-5-6-12(28)8-14(11)29/h2-9,28-29H,1H3,(H2,20,24)(H,23,30). The lowest BCUT2D eigenvalue weighted by molar-refractivity contribution is 0.0950. The summed E-state index contributed by atoms with van der Waals surface area (Å²) in [5.74, 6) is -0.476. The van der Waals surface area contributed by atoms with E-state index in [0.29, 0.717) is 11.3 Å². The van der Waals surface area contributed by atoms with Gasteiger partial charge < -0.3 is 20.7 Å². The first-order valence-electron chi connectivity index (χ1n) is 9.02. The molecule has 0 saturated heterocycles. The van der Waals surface area contributed by atoms with Crippen LogP contribution in [0.2, 0.25) is 0 Å². The second-order valence-corrected chi connectivity index (χ2v) is 6.35. The van der Waals surface area contributed by atoms with E-state index in [2.05, 4.69) is 35.8 Å². The number of carbonyl (C=O) groups excluding carboxylic acids is 1. The summed E-state index contributed by atoms with van der Waals surface area (Å²) in [7, 11) is 1.51. The molecule has 0 aliphatic carbocycles. The molecule has 2 aromatic heterocycles. The Kier molecular flexibility index (Phi) is 5.36. The topological polar surface area (TPSA) is 187 Å². The molecule has 0 spiro atoms. The van der Waals surface area contributed by atoms with Crippen LogP contribution in [0.1, 0.15) is 16.1 Å². The molecule has 13 heteroatoms. The van der Waals surface area contributed by atoms with Crippen LogP contribution in [0.5, 0.6) is 17.2 Å². The fourth-order valence-corrected chi connectivity index (χ4v) is 2.80. The lowest BCUT2D eigenvalue weighted by atomic mass is 10.1. The van der Waals surface area contributed by atoms with Gasteiger partial charge in [0.2, 0.25) is 11.6 Å². The third-order valence-corrected chi connectivity index (χ3v) is 4.31. The van der Waals surface area contributed by atoms with Gasteiger partial charge >= 0.3 is 0 Å². The van der Waals surface area contributed by atoms with Crippen LogP contribution in [0.3, 0.4) is 0 Å². The monoisotopic (exact) mass is 436 g/mol. The van der Waals surface area contributed by atoms with Crippen molar-refractivity contribution >= 4 is 17.9 Å². The molecule has 13 nitrogen and oxygen atoms in total. The number of phenolic OH excluding ortho intramolecular Hbond substituents is 2. The van der Waals surface area contributed by atoms with Crippen molar-refractivity contribution in [3.8, 4) is 34.3 Å². The summed E-state index contributed by atoms with van der Waals surface area (Å²) in [5.41, 5.74) is 9.07. The largest absolute Gasteiger partial charge is 0.508 e. The van der Waals surface area contributed by atoms with Gasteiger partial charge in [0.15, 0.2) is 5.69 Å². The summed E-state index contributed by atoms with van der Waals surface area (Å²) in [6, 6.07) is 10.8. The van der Waals surface area contributed by atoms with Crippen molar-refractivity contribution in [3.63, 3.8) is 0 Å². The molecule has 0 unspecified atom stereocenters. The fourth-order valence-electron chi connectivity index (χ4n) is 2.80. The van der Waals surface area contributed by atoms with Gasteiger partial charge in [0.05, 0.1) is 13.3 Å². The smallest absolute Gasteiger partial charge is 0.294 e. The van der Waals surface area contributed by atoms with Crippen molar-refractivity contribution in [1.29, 1.82) is 0 Å². The molecule has 162 valence electrons. The third kappa shape index (κ3) is 3.89. The number of hydrazone groups is 1. The zero-order chi connectivity index (χ0) is 22.7. The number of methoxy groups -OCH3 is 1. The number of ether oxygens (including phenoxy) is 1. The maximum atomic E-state index is 12.8. The number of anilines is 1. The normalized spacial score (nSPS) is 11.0. The maximum Gasteiger partial charge on any atom is 0.294 e. The molecule has 0 radical (unpaired) electrons. The Hall–Kier alpha value is -4.94. The van der Waals surface area contributed by atoms with Gasteiger partial charge in [-0.1, -0.05) is 17.3 Å². The molecule has 4 aromatic rings. The predicted octanol–water partition coefficient (Wildman–Crippen LogP) is 1.08. The summed E-state index contributed by atoms with van der Waals surface area (Å²) in [5, 5.41) is 38.1. The summed E-state index contributed by atoms with van der Waals surface area (Å²) in [6.45, 7) is 0. The van der Waals surface area contributed by atoms with Crippen LogP contribution in [0.15, 0.2) is 52.2 Å². The van der Waals surface area contributed by atoms with E-state index >= 15 is 0 Å². The van der Waals surface area contributed by atoms with Gasteiger partial charge in [-0.2, -0.15) is 9.78 Å². The van der Waals surface area contributed by atoms with Crippen LogP contribution in [0, 0.1) is 0 Å². The number of nitrogens with zero attached hydrogens (tertiary/aromatic N) is 6. The zero-order valence-electron chi connectivity index (χ0n) is 16.5. The van der Waals surface area contributed by atoms with Crippen molar-refractivity contribution in [2.45, 2.75) is 0 Å². The van der Waals surface area contributed by atoms with E-state index < -0.39 is 5.91 Å². The second-order valence-electron chi connectivity index (χ2n) is 6.35. The molecule has 32 heavy (non-hydrogen) atoms. The van der Waals surface area contributed by atoms with Gasteiger partial charge in [-0.15, -0.1) is 5.10 Å². The zero-order valence-corrected chi connectivity index (χ0v) is 16.5.